The van der Waals surface area contributed by atoms with E-state index in [1.165, 1.54) is 12.1 Å². The van der Waals surface area contributed by atoms with Gasteiger partial charge in [-0.3, -0.25) is 9.48 Å². The highest BCUT2D eigenvalue weighted by Crippen LogP contribution is 2.46. The molecule has 1 heterocycles. The SMILES string of the molecule is Cc1ccc(Cc2nn(C)c(C(F)(F)F)c2C(=O)NC2(c3ccc(C(=O)O)cc3)CC2)cc1Cl. The first-order chi connectivity index (χ1) is 15.9. The van der Waals surface area contributed by atoms with E-state index in [0.717, 1.165) is 12.6 Å². The van der Waals surface area contributed by atoms with Crippen LogP contribution in [-0.4, -0.2) is 26.8 Å². The zero-order valence-electron chi connectivity index (χ0n) is 18.3. The molecule has 0 aliphatic heterocycles. The molecule has 1 amide bonds. The highest BCUT2D eigenvalue weighted by molar-refractivity contribution is 6.31. The molecule has 0 bridgehead atoms. The first kappa shape index (κ1) is 23.8. The Morgan fingerprint density at radius 3 is 2.35 bits per heavy atom. The number of carboxylic acid groups (broad SMARTS) is 1. The lowest BCUT2D eigenvalue weighted by Crippen LogP contribution is -2.36. The monoisotopic (exact) mass is 491 g/mol. The average molecular weight is 492 g/mol. The van der Waals surface area contributed by atoms with Crippen LogP contribution < -0.4 is 5.32 Å². The van der Waals surface area contributed by atoms with Crippen molar-refractivity contribution in [2.75, 3.05) is 0 Å². The van der Waals surface area contributed by atoms with Crippen LogP contribution in [0.5, 0.6) is 0 Å². The first-order valence-electron chi connectivity index (χ1n) is 10.5. The molecule has 4 rings (SSSR count). The van der Waals surface area contributed by atoms with E-state index in [4.69, 9.17) is 16.7 Å². The number of amides is 1. The fraction of sp³-hybridized carbons (Fsp3) is 0.292. The lowest BCUT2D eigenvalue weighted by molar-refractivity contribution is -0.144. The molecular formula is C24H21ClF3N3O3. The Hall–Kier alpha value is -3.33. The number of alkyl halides is 3. The molecule has 1 aliphatic rings. The molecule has 0 atom stereocenters. The number of halogens is 4. The maximum absolute atomic E-state index is 13.9. The molecule has 0 radical (unpaired) electrons. The van der Waals surface area contributed by atoms with Crippen molar-refractivity contribution < 1.29 is 27.9 Å². The number of benzene rings is 2. The molecule has 0 spiro atoms. The molecule has 1 fully saturated rings. The normalized spacial score (nSPS) is 14.6. The van der Waals surface area contributed by atoms with E-state index in [2.05, 4.69) is 10.4 Å². The molecule has 6 nitrogen and oxygen atoms in total. The van der Waals surface area contributed by atoms with Crippen molar-refractivity contribution in [1.82, 2.24) is 15.1 Å². The smallest absolute Gasteiger partial charge is 0.433 e. The number of nitrogens with one attached hydrogen (secondary N) is 1. The standard InChI is InChI=1S/C24H21ClF3N3O3/c1-13-3-4-14(11-17(13)25)12-18-19(20(24(26,27)28)31(2)30-18)21(32)29-23(9-10-23)16-7-5-15(6-8-16)22(33)34/h3-8,11H,9-10,12H2,1-2H3,(H,29,32)(H,33,34). The van der Waals surface area contributed by atoms with Crippen molar-refractivity contribution in [2.45, 2.75) is 37.9 Å². The molecular weight excluding hydrogens is 471 g/mol. The van der Waals surface area contributed by atoms with Gasteiger partial charge in [0.1, 0.15) is 0 Å². The summed E-state index contributed by atoms with van der Waals surface area (Å²) in [6, 6.07) is 11.1. The van der Waals surface area contributed by atoms with E-state index < -0.39 is 34.8 Å². The summed E-state index contributed by atoms with van der Waals surface area (Å²) in [6.45, 7) is 1.81. The van der Waals surface area contributed by atoms with Gasteiger partial charge in [-0.2, -0.15) is 18.3 Å². The molecule has 0 saturated heterocycles. The molecule has 1 saturated carbocycles. The molecule has 34 heavy (non-hydrogen) atoms. The third-order valence-corrected chi connectivity index (χ3v) is 6.42. The largest absolute Gasteiger partial charge is 0.478 e. The number of aromatic carboxylic acids is 1. The van der Waals surface area contributed by atoms with Gasteiger partial charge in [-0.15, -0.1) is 0 Å². The third-order valence-electron chi connectivity index (χ3n) is 6.01. The van der Waals surface area contributed by atoms with Crippen LogP contribution in [0.3, 0.4) is 0 Å². The van der Waals surface area contributed by atoms with Gasteiger partial charge < -0.3 is 10.4 Å². The van der Waals surface area contributed by atoms with Crippen LogP contribution in [0.15, 0.2) is 42.5 Å². The molecule has 178 valence electrons. The summed E-state index contributed by atoms with van der Waals surface area (Å²) in [6.07, 6.45) is -3.75. The van der Waals surface area contributed by atoms with Crippen LogP contribution in [0.1, 0.15) is 61.6 Å². The fourth-order valence-corrected chi connectivity index (χ4v) is 4.23. The lowest BCUT2D eigenvalue weighted by Gasteiger charge is -2.19. The number of aryl methyl sites for hydroxylation is 2. The second-order valence-corrected chi connectivity index (χ2v) is 8.88. The Morgan fingerprint density at radius 1 is 1.18 bits per heavy atom. The number of carboxylic acids is 1. The van der Waals surface area contributed by atoms with Crippen LogP contribution in [0, 0.1) is 6.92 Å². The Morgan fingerprint density at radius 2 is 1.82 bits per heavy atom. The van der Waals surface area contributed by atoms with Crippen molar-refractivity contribution in [3.8, 4) is 0 Å². The molecule has 2 N–H and O–H groups in total. The first-order valence-corrected chi connectivity index (χ1v) is 10.8. The fourth-order valence-electron chi connectivity index (χ4n) is 4.03. The molecule has 0 unspecified atom stereocenters. The van der Waals surface area contributed by atoms with E-state index in [9.17, 15) is 22.8 Å². The van der Waals surface area contributed by atoms with Crippen molar-refractivity contribution >= 4 is 23.5 Å². The van der Waals surface area contributed by atoms with Gasteiger partial charge in [0.2, 0.25) is 0 Å². The molecule has 2 aromatic carbocycles. The summed E-state index contributed by atoms with van der Waals surface area (Å²) in [5, 5.41) is 16.3. The highest BCUT2D eigenvalue weighted by atomic mass is 35.5. The van der Waals surface area contributed by atoms with Crippen molar-refractivity contribution in [3.63, 3.8) is 0 Å². The summed E-state index contributed by atoms with van der Waals surface area (Å²) in [7, 11) is 1.16. The van der Waals surface area contributed by atoms with Gasteiger partial charge in [-0.05, 0) is 54.7 Å². The zero-order chi connectivity index (χ0) is 24.8. The quantitative estimate of drug-likeness (QED) is 0.502. The van der Waals surface area contributed by atoms with Crippen molar-refractivity contribution in [1.29, 1.82) is 0 Å². The Bertz CT molecular complexity index is 1280. The Kier molecular flexibility index (Phi) is 5.93. The van der Waals surface area contributed by atoms with E-state index in [0.29, 0.717) is 33.7 Å². The number of nitrogens with zero attached hydrogens (tertiary/aromatic N) is 2. The van der Waals surface area contributed by atoms with Crippen LogP contribution in [0.4, 0.5) is 13.2 Å². The molecule has 1 aliphatic carbocycles. The number of rotatable bonds is 6. The van der Waals surface area contributed by atoms with E-state index in [-0.39, 0.29) is 17.7 Å². The molecule has 1 aromatic heterocycles. The van der Waals surface area contributed by atoms with Gasteiger partial charge in [0.25, 0.3) is 5.91 Å². The third kappa shape index (κ3) is 4.52. The van der Waals surface area contributed by atoms with Crippen molar-refractivity contribution in [3.05, 3.63) is 86.7 Å². The summed E-state index contributed by atoms with van der Waals surface area (Å²) in [5.41, 5.74) is -0.352. The highest BCUT2D eigenvalue weighted by Gasteiger charge is 2.48. The number of carbonyl (C=O) groups is 2. The minimum atomic E-state index is -4.79. The second-order valence-electron chi connectivity index (χ2n) is 8.47. The lowest BCUT2D eigenvalue weighted by atomic mass is 10.00. The minimum absolute atomic E-state index is 0.00696. The van der Waals surface area contributed by atoms with Crippen LogP contribution in [0.2, 0.25) is 5.02 Å². The van der Waals surface area contributed by atoms with Gasteiger partial charge in [-0.25, -0.2) is 4.79 Å². The van der Waals surface area contributed by atoms with Gasteiger partial charge in [-0.1, -0.05) is 35.9 Å². The summed E-state index contributed by atoms with van der Waals surface area (Å²) in [5.74, 6) is -1.97. The summed E-state index contributed by atoms with van der Waals surface area (Å²) < 4.78 is 42.4. The van der Waals surface area contributed by atoms with Crippen LogP contribution >= 0.6 is 11.6 Å². The Balaban J connectivity index is 1.69. The number of carbonyl (C=O) groups excluding carboxylic acids is 1. The van der Waals surface area contributed by atoms with E-state index in [1.54, 1.807) is 30.3 Å². The molecule has 3 aromatic rings. The number of hydrogen-bond acceptors (Lipinski definition) is 3. The molecule has 10 heteroatoms. The predicted molar refractivity (Wildman–Crippen MR) is 119 cm³/mol. The zero-order valence-corrected chi connectivity index (χ0v) is 19.1. The van der Waals surface area contributed by atoms with Gasteiger partial charge in [0.15, 0.2) is 5.69 Å². The summed E-state index contributed by atoms with van der Waals surface area (Å²) >= 11 is 6.16. The van der Waals surface area contributed by atoms with Gasteiger partial charge in [0.05, 0.1) is 22.4 Å². The maximum atomic E-state index is 13.9. The topological polar surface area (TPSA) is 84.2 Å². The number of hydrogen-bond donors (Lipinski definition) is 2. The number of aromatic nitrogens is 2. The van der Waals surface area contributed by atoms with E-state index >= 15 is 0 Å². The van der Waals surface area contributed by atoms with E-state index in [1.807, 2.05) is 6.92 Å². The summed E-state index contributed by atoms with van der Waals surface area (Å²) in [4.78, 5) is 24.4. The minimum Gasteiger partial charge on any atom is -0.478 e. The maximum Gasteiger partial charge on any atom is 0.433 e. The van der Waals surface area contributed by atoms with Gasteiger partial charge in [0, 0.05) is 18.5 Å². The van der Waals surface area contributed by atoms with Gasteiger partial charge >= 0.3 is 12.1 Å². The van der Waals surface area contributed by atoms with Crippen LogP contribution in [0.25, 0.3) is 0 Å². The second kappa shape index (κ2) is 8.47. The predicted octanol–water partition coefficient (Wildman–Crippen LogP) is 5.11. The Labute approximate surface area is 198 Å². The van der Waals surface area contributed by atoms with Crippen molar-refractivity contribution in [2.24, 2.45) is 7.05 Å². The average Bonchev–Trinajstić information content (AvgIpc) is 3.45. The van der Waals surface area contributed by atoms with Crippen LogP contribution in [-0.2, 0) is 25.2 Å².